The molecule has 1 heterocycles. The predicted octanol–water partition coefficient (Wildman–Crippen LogP) is 1.66. The summed E-state index contributed by atoms with van der Waals surface area (Å²) in [7, 11) is 1.60. The van der Waals surface area contributed by atoms with Gasteiger partial charge in [0.25, 0.3) is 5.69 Å². The van der Waals surface area contributed by atoms with Crippen molar-refractivity contribution in [1.29, 1.82) is 0 Å². The molecule has 1 aromatic carbocycles. The zero-order valence-electron chi connectivity index (χ0n) is 10.7. The minimum Gasteiger partial charge on any atom is -0.478 e. The third-order valence-electron chi connectivity index (χ3n) is 3.32. The van der Waals surface area contributed by atoms with E-state index in [1.807, 2.05) is 0 Å². The van der Waals surface area contributed by atoms with E-state index in [1.54, 1.807) is 11.9 Å². The number of hydrogen-bond acceptors (Lipinski definition) is 5. The van der Waals surface area contributed by atoms with Gasteiger partial charge in [-0.25, -0.2) is 9.18 Å². The summed E-state index contributed by atoms with van der Waals surface area (Å²) in [5.74, 6) is -2.58. The summed E-state index contributed by atoms with van der Waals surface area (Å²) in [6.45, 7) is 0.934. The van der Waals surface area contributed by atoms with Crippen molar-refractivity contribution >= 4 is 17.3 Å². The highest BCUT2D eigenvalue weighted by Crippen LogP contribution is 2.32. The van der Waals surface area contributed by atoms with Crippen LogP contribution in [0.1, 0.15) is 16.8 Å². The topological polar surface area (TPSA) is 92.9 Å². The molecule has 2 rings (SSSR count). The number of nitrogens with zero attached hydrogens (tertiary/aromatic N) is 2. The van der Waals surface area contributed by atoms with Crippen LogP contribution in [0.25, 0.3) is 0 Å². The van der Waals surface area contributed by atoms with Crippen molar-refractivity contribution in [1.82, 2.24) is 0 Å². The van der Waals surface area contributed by atoms with Gasteiger partial charge in [-0.15, -0.1) is 0 Å². The highest BCUT2D eigenvalue weighted by molar-refractivity contribution is 5.90. The van der Waals surface area contributed by atoms with Crippen molar-refractivity contribution in [2.75, 3.05) is 25.2 Å². The van der Waals surface area contributed by atoms with Crippen molar-refractivity contribution in [3.8, 4) is 0 Å². The first-order chi connectivity index (χ1) is 9.41. The van der Waals surface area contributed by atoms with Crippen LogP contribution in [0, 0.1) is 15.9 Å². The van der Waals surface area contributed by atoms with Gasteiger partial charge in [-0.1, -0.05) is 0 Å². The van der Waals surface area contributed by atoms with Gasteiger partial charge in [0.15, 0.2) is 0 Å². The molecule has 1 unspecified atom stereocenters. The number of carboxylic acid groups (broad SMARTS) is 1. The molecule has 108 valence electrons. The van der Waals surface area contributed by atoms with Crippen molar-refractivity contribution in [3.05, 3.63) is 33.6 Å². The van der Waals surface area contributed by atoms with Crippen molar-refractivity contribution in [3.63, 3.8) is 0 Å². The Bertz CT molecular complexity index is 557. The number of hydrogen-bond donors (Lipinski definition) is 1. The fraction of sp³-hybridized carbons (Fsp3) is 0.417. The molecule has 0 bridgehead atoms. The van der Waals surface area contributed by atoms with Gasteiger partial charge in [-0.2, -0.15) is 0 Å². The van der Waals surface area contributed by atoms with Crippen LogP contribution in [-0.2, 0) is 4.74 Å². The largest absolute Gasteiger partial charge is 0.478 e. The number of nitro groups is 1. The molecule has 8 heteroatoms. The van der Waals surface area contributed by atoms with E-state index < -0.39 is 28.0 Å². The van der Waals surface area contributed by atoms with Crippen LogP contribution in [-0.4, -0.2) is 42.3 Å². The van der Waals surface area contributed by atoms with Crippen LogP contribution in [0.5, 0.6) is 0 Å². The molecule has 1 saturated heterocycles. The van der Waals surface area contributed by atoms with E-state index in [2.05, 4.69) is 0 Å². The van der Waals surface area contributed by atoms with Crippen LogP contribution < -0.4 is 4.90 Å². The Kier molecular flexibility index (Phi) is 3.84. The molecular formula is C12H13FN2O5. The molecule has 0 aromatic heterocycles. The first kappa shape index (κ1) is 14.2. The Hall–Kier alpha value is -2.22. The first-order valence-corrected chi connectivity index (χ1v) is 5.93. The summed E-state index contributed by atoms with van der Waals surface area (Å²) in [6, 6.07) is 1.54. The number of likely N-dealkylation sites (N-methyl/N-ethyl adjacent to an activating group) is 1. The van der Waals surface area contributed by atoms with Crippen LogP contribution in [0.15, 0.2) is 12.1 Å². The number of anilines is 1. The fourth-order valence-electron chi connectivity index (χ4n) is 2.17. The van der Waals surface area contributed by atoms with Gasteiger partial charge in [0.2, 0.25) is 0 Å². The van der Waals surface area contributed by atoms with E-state index in [-0.39, 0.29) is 11.7 Å². The lowest BCUT2D eigenvalue weighted by molar-refractivity contribution is -0.384. The number of nitro benzene ring substituents is 1. The molecule has 0 amide bonds. The molecule has 1 aliphatic heterocycles. The number of carboxylic acids is 1. The maximum absolute atomic E-state index is 13.6. The fourth-order valence-corrected chi connectivity index (χ4v) is 2.17. The van der Waals surface area contributed by atoms with Crippen LogP contribution in [0.4, 0.5) is 15.8 Å². The maximum atomic E-state index is 13.6. The number of rotatable bonds is 4. The smallest absolute Gasteiger partial charge is 0.338 e. The van der Waals surface area contributed by atoms with E-state index in [0.717, 1.165) is 6.07 Å². The third kappa shape index (κ3) is 2.55. The Morgan fingerprint density at radius 1 is 1.60 bits per heavy atom. The lowest BCUT2D eigenvalue weighted by Gasteiger charge is -2.25. The van der Waals surface area contributed by atoms with Crippen LogP contribution in [0.3, 0.4) is 0 Å². The minimum atomic E-state index is -1.46. The summed E-state index contributed by atoms with van der Waals surface area (Å²) in [6.07, 6.45) is 0.674. The second-order valence-corrected chi connectivity index (χ2v) is 4.51. The van der Waals surface area contributed by atoms with E-state index in [0.29, 0.717) is 25.7 Å². The highest BCUT2D eigenvalue weighted by atomic mass is 19.1. The number of aromatic carboxylic acids is 1. The predicted molar refractivity (Wildman–Crippen MR) is 67.6 cm³/mol. The first-order valence-electron chi connectivity index (χ1n) is 5.93. The van der Waals surface area contributed by atoms with Gasteiger partial charge >= 0.3 is 5.97 Å². The molecule has 1 aromatic rings. The Labute approximate surface area is 113 Å². The summed E-state index contributed by atoms with van der Waals surface area (Å²) in [5.41, 5.74) is -0.970. The van der Waals surface area contributed by atoms with Crippen molar-refractivity contribution in [2.45, 2.75) is 12.5 Å². The van der Waals surface area contributed by atoms with Crippen molar-refractivity contribution in [2.24, 2.45) is 0 Å². The molecule has 20 heavy (non-hydrogen) atoms. The lowest BCUT2D eigenvalue weighted by Crippen LogP contribution is -2.32. The number of ether oxygens (including phenoxy) is 1. The van der Waals surface area contributed by atoms with Gasteiger partial charge in [0, 0.05) is 13.7 Å². The van der Waals surface area contributed by atoms with Gasteiger partial charge in [0.1, 0.15) is 11.5 Å². The molecule has 1 fully saturated rings. The maximum Gasteiger partial charge on any atom is 0.338 e. The number of halogens is 1. The average Bonchev–Trinajstić information content (AvgIpc) is 2.90. The van der Waals surface area contributed by atoms with Crippen LogP contribution in [0.2, 0.25) is 0 Å². The Morgan fingerprint density at radius 3 is 2.80 bits per heavy atom. The molecule has 1 N–H and O–H groups in total. The summed E-state index contributed by atoms with van der Waals surface area (Å²) in [5, 5.41) is 19.9. The summed E-state index contributed by atoms with van der Waals surface area (Å²) < 4.78 is 18.8. The third-order valence-corrected chi connectivity index (χ3v) is 3.32. The van der Waals surface area contributed by atoms with E-state index in [9.17, 15) is 19.3 Å². The summed E-state index contributed by atoms with van der Waals surface area (Å²) >= 11 is 0. The van der Waals surface area contributed by atoms with Crippen molar-refractivity contribution < 1.29 is 24.0 Å². The molecule has 0 spiro atoms. The second-order valence-electron chi connectivity index (χ2n) is 4.51. The Balaban J connectivity index is 2.50. The lowest BCUT2D eigenvalue weighted by atomic mass is 10.1. The van der Waals surface area contributed by atoms with Crippen LogP contribution >= 0.6 is 0 Å². The molecule has 7 nitrogen and oxygen atoms in total. The molecule has 0 radical (unpaired) electrons. The summed E-state index contributed by atoms with van der Waals surface area (Å²) in [4.78, 5) is 22.8. The molecule has 0 saturated carbocycles. The monoisotopic (exact) mass is 284 g/mol. The van der Waals surface area contributed by atoms with E-state index >= 15 is 0 Å². The molecule has 1 atom stereocenters. The Morgan fingerprint density at radius 2 is 2.30 bits per heavy atom. The molecular weight excluding hydrogens is 271 g/mol. The molecule has 0 aliphatic carbocycles. The van der Waals surface area contributed by atoms with Gasteiger partial charge in [-0.3, -0.25) is 10.1 Å². The minimum absolute atomic E-state index is 0.0734. The highest BCUT2D eigenvalue weighted by Gasteiger charge is 2.28. The standard InChI is InChI=1S/C12H13FN2O5/c1-14(7-2-3-20-6-7)10-4-8(12(16)17)9(13)5-11(10)15(18)19/h4-5,7H,2-3,6H2,1H3,(H,16,17). The molecule has 1 aliphatic rings. The zero-order valence-corrected chi connectivity index (χ0v) is 10.7. The van der Waals surface area contributed by atoms with E-state index in [1.165, 1.54) is 0 Å². The van der Waals surface area contributed by atoms with E-state index in [4.69, 9.17) is 9.84 Å². The average molecular weight is 284 g/mol. The quantitative estimate of drug-likeness (QED) is 0.667. The number of carbonyl (C=O) groups is 1. The van der Waals surface area contributed by atoms with Gasteiger partial charge in [0.05, 0.1) is 29.2 Å². The SMILES string of the molecule is CN(c1cc(C(=O)O)c(F)cc1[N+](=O)[O-])C1CCOC1. The zero-order chi connectivity index (χ0) is 14.9. The van der Waals surface area contributed by atoms with Gasteiger partial charge < -0.3 is 14.7 Å². The number of benzene rings is 1. The van der Waals surface area contributed by atoms with Gasteiger partial charge in [-0.05, 0) is 12.5 Å². The normalized spacial score (nSPS) is 18.0. The second kappa shape index (κ2) is 5.41.